The molecular weight excluding hydrogens is 458 g/mol. The average Bonchev–Trinajstić information content (AvgIpc) is 3.61. The van der Waals surface area contributed by atoms with Crippen molar-refractivity contribution in [3.05, 3.63) is 64.2 Å². The molecule has 2 aliphatic heterocycles. The molecule has 0 spiro atoms. The molecular formula is C25H22ClN3O5. The van der Waals surface area contributed by atoms with Crippen LogP contribution in [-0.4, -0.2) is 35.0 Å². The highest BCUT2D eigenvalue weighted by Crippen LogP contribution is 2.49. The van der Waals surface area contributed by atoms with Gasteiger partial charge in [0.05, 0.1) is 24.1 Å². The minimum absolute atomic E-state index is 0.0718. The fourth-order valence-electron chi connectivity index (χ4n) is 4.54. The second kappa shape index (κ2) is 8.33. The summed E-state index contributed by atoms with van der Waals surface area (Å²) in [5.74, 6) is 0.510. The van der Waals surface area contributed by atoms with E-state index in [9.17, 15) is 14.9 Å². The van der Waals surface area contributed by atoms with Crippen LogP contribution in [0.4, 0.5) is 0 Å². The van der Waals surface area contributed by atoms with Crippen LogP contribution in [-0.2, 0) is 25.6 Å². The molecule has 0 aromatic heterocycles. The highest BCUT2D eigenvalue weighted by atomic mass is 35.5. The Morgan fingerprint density at radius 2 is 2.09 bits per heavy atom. The Morgan fingerprint density at radius 1 is 1.29 bits per heavy atom. The van der Waals surface area contributed by atoms with Crippen LogP contribution < -0.4 is 4.74 Å². The summed E-state index contributed by atoms with van der Waals surface area (Å²) >= 11 is 6.29. The third-order valence-corrected chi connectivity index (χ3v) is 6.77. The van der Waals surface area contributed by atoms with E-state index in [4.69, 9.17) is 25.8 Å². The zero-order valence-electron chi connectivity index (χ0n) is 18.6. The Kier molecular flexibility index (Phi) is 5.45. The molecule has 0 radical (unpaired) electrons. The van der Waals surface area contributed by atoms with Gasteiger partial charge in [-0.2, -0.15) is 5.26 Å². The van der Waals surface area contributed by atoms with E-state index in [0.717, 1.165) is 5.56 Å². The Bertz CT molecular complexity index is 1240. The standard InChI is InChI=1S/C25H22ClN3O5/c1-25(2)22(32-13-30)21(18-9-14(11-27)7-8-20(18)34-25)33-23-16-10-17(16)24(31)29(28-23)12-15-5-3-4-6-19(15)26/h3-9,13,16-17,21-22H,10,12H2,1-2H3. The van der Waals surface area contributed by atoms with Crippen molar-refractivity contribution in [3.63, 3.8) is 0 Å². The van der Waals surface area contributed by atoms with Crippen molar-refractivity contribution in [3.8, 4) is 11.8 Å². The van der Waals surface area contributed by atoms with Gasteiger partial charge < -0.3 is 14.2 Å². The number of fused-ring (bicyclic) bond motifs is 2. The molecule has 1 amide bonds. The van der Waals surface area contributed by atoms with E-state index in [2.05, 4.69) is 11.2 Å². The minimum Gasteiger partial charge on any atom is -0.483 e. The van der Waals surface area contributed by atoms with Crippen LogP contribution in [0.2, 0.25) is 5.02 Å². The van der Waals surface area contributed by atoms with E-state index < -0.39 is 17.8 Å². The molecule has 1 fully saturated rings. The first-order valence-corrected chi connectivity index (χ1v) is 11.3. The molecule has 4 unspecified atom stereocenters. The molecule has 174 valence electrons. The molecule has 0 saturated heterocycles. The molecule has 2 aromatic carbocycles. The fraction of sp³-hybridized carbons (Fsp3) is 0.360. The maximum absolute atomic E-state index is 12.9. The number of halogens is 1. The predicted octanol–water partition coefficient (Wildman–Crippen LogP) is 3.97. The van der Waals surface area contributed by atoms with Crippen LogP contribution in [0.15, 0.2) is 47.6 Å². The Hall–Kier alpha value is -3.57. The maximum atomic E-state index is 12.9. The fourth-order valence-corrected chi connectivity index (χ4v) is 4.74. The van der Waals surface area contributed by atoms with Crippen molar-refractivity contribution in [2.24, 2.45) is 16.9 Å². The maximum Gasteiger partial charge on any atom is 0.293 e. The molecule has 0 N–H and O–H groups in total. The number of hydrazone groups is 1. The highest BCUT2D eigenvalue weighted by molar-refractivity contribution is 6.31. The average molecular weight is 480 g/mol. The third-order valence-electron chi connectivity index (χ3n) is 6.40. The first kappa shape index (κ1) is 22.2. The van der Waals surface area contributed by atoms with Crippen molar-refractivity contribution >= 4 is 29.9 Å². The van der Waals surface area contributed by atoms with Gasteiger partial charge in [0, 0.05) is 16.5 Å². The summed E-state index contributed by atoms with van der Waals surface area (Å²) in [6, 6.07) is 14.4. The number of benzene rings is 2. The number of carbonyl (C=O) groups excluding carboxylic acids is 2. The van der Waals surface area contributed by atoms with Gasteiger partial charge in [0.1, 0.15) is 11.4 Å². The van der Waals surface area contributed by atoms with Crippen LogP contribution in [0.25, 0.3) is 0 Å². The van der Waals surface area contributed by atoms with Crippen molar-refractivity contribution in [1.82, 2.24) is 5.01 Å². The van der Waals surface area contributed by atoms with Gasteiger partial charge in [-0.1, -0.05) is 29.8 Å². The monoisotopic (exact) mass is 479 g/mol. The second-order valence-electron chi connectivity index (χ2n) is 9.14. The zero-order valence-corrected chi connectivity index (χ0v) is 19.4. The number of hydrogen-bond acceptors (Lipinski definition) is 7. The summed E-state index contributed by atoms with van der Waals surface area (Å²) in [4.78, 5) is 24.2. The van der Waals surface area contributed by atoms with E-state index in [1.54, 1.807) is 38.1 Å². The van der Waals surface area contributed by atoms with Gasteiger partial charge in [-0.15, -0.1) is 5.10 Å². The number of nitriles is 1. The summed E-state index contributed by atoms with van der Waals surface area (Å²) in [6.45, 7) is 4.18. The third kappa shape index (κ3) is 3.86. The quantitative estimate of drug-likeness (QED) is 0.601. The van der Waals surface area contributed by atoms with Crippen molar-refractivity contribution in [2.75, 3.05) is 0 Å². The molecule has 9 heteroatoms. The number of amides is 1. The summed E-state index contributed by atoms with van der Waals surface area (Å²) in [5.41, 5.74) is 0.876. The van der Waals surface area contributed by atoms with Gasteiger partial charge >= 0.3 is 0 Å². The molecule has 2 heterocycles. The van der Waals surface area contributed by atoms with Crippen molar-refractivity contribution in [2.45, 2.75) is 44.6 Å². The molecule has 1 saturated carbocycles. The summed E-state index contributed by atoms with van der Waals surface area (Å²) < 4.78 is 17.9. The Morgan fingerprint density at radius 3 is 2.82 bits per heavy atom. The molecule has 2 aromatic rings. The van der Waals surface area contributed by atoms with Gasteiger partial charge in [-0.25, -0.2) is 5.01 Å². The van der Waals surface area contributed by atoms with Gasteiger partial charge in [-0.3, -0.25) is 9.59 Å². The number of carbonyl (C=O) groups is 2. The molecule has 3 aliphatic rings. The lowest BCUT2D eigenvalue weighted by Crippen LogP contribution is -2.51. The van der Waals surface area contributed by atoms with Crippen molar-refractivity contribution in [1.29, 1.82) is 5.26 Å². The summed E-state index contributed by atoms with van der Waals surface area (Å²) in [6.07, 6.45) is -0.943. The molecule has 34 heavy (non-hydrogen) atoms. The minimum atomic E-state index is -0.905. The number of ether oxygens (including phenoxy) is 3. The van der Waals surface area contributed by atoms with E-state index in [-0.39, 0.29) is 24.3 Å². The molecule has 4 atom stereocenters. The van der Waals surface area contributed by atoms with Crippen molar-refractivity contribution < 1.29 is 23.8 Å². The van der Waals surface area contributed by atoms with E-state index in [1.165, 1.54) is 5.01 Å². The Balaban J connectivity index is 1.51. The van der Waals surface area contributed by atoms with E-state index >= 15 is 0 Å². The van der Waals surface area contributed by atoms with Crippen LogP contribution in [0, 0.1) is 23.2 Å². The summed E-state index contributed by atoms with van der Waals surface area (Å²) in [5, 5.41) is 15.9. The zero-order chi connectivity index (χ0) is 24.0. The smallest absolute Gasteiger partial charge is 0.293 e. The largest absolute Gasteiger partial charge is 0.483 e. The topological polar surface area (TPSA) is 101 Å². The first-order valence-electron chi connectivity index (χ1n) is 10.9. The van der Waals surface area contributed by atoms with E-state index in [1.807, 2.05) is 18.2 Å². The Labute approximate surface area is 201 Å². The second-order valence-corrected chi connectivity index (χ2v) is 9.54. The first-order chi connectivity index (χ1) is 16.3. The molecule has 0 bridgehead atoms. The number of rotatable bonds is 5. The molecule has 8 nitrogen and oxygen atoms in total. The van der Waals surface area contributed by atoms with Gasteiger partial charge in [0.25, 0.3) is 6.47 Å². The van der Waals surface area contributed by atoms with E-state index in [0.29, 0.717) is 40.7 Å². The lowest BCUT2D eigenvalue weighted by Gasteiger charge is -2.43. The molecule has 5 rings (SSSR count). The SMILES string of the molecule is CC1(C)Oc2ccc(C#N)cc2C(OC2=NN(Cc3ccccc3Cl)C(=O)C3CC23)C1OC=O. The normalized spacial score (nSPS) is 26.2. The number of hydrogen-bond donors (Lipinski definition) is 0. The van der Waals surface area contributed by atoms with Gasteiger partial charge in [-0.05, 0) is 50.1 Å². The predicted molar refractivity (Wildman–Crippen MR) is 122 cm³/mol. The van der Waals surface area contributed by atoms with Crippen LogP contribution in [0.5, 0.6) is 5.75 Å². The highest BCUT2D eigenvalue weighted by Gasteiger charge is 2.55. The summed E-state index contributed by atoms with van der Waals surface area (Å²) in [7, 11) is 0. The van der Waals surface area contributed by atoms with Gasteiger partial charge in [0.15, 0.2) is 12.2 Å². The number of nitrogens with zero attached hydrogens (tertiary/aromatic N) is 3. The van der Waals surface area contributed by atoms with Gasteiger partial charge in [0.2, 0.25) is 11.8 Å². The molecule has 1 aliphatic carbocycles. The lowest BCUT2D eigenvalue weighted by molar-refractivity contribution is -0.162. The van der Waals surface area contributed by atoms with Crippen LogP contribution in [0.1, 0.15) is 43.1 Å². The van der Waals surface area contributed by atoms with Crippen LogP contribution in [0.3, 0.4) is 0 Å². The lowest BCUT2D eigenvalue weighted by atomic mass is 9.87. The van der Waals surface area contributed by atoms with Crippen LogP contribution >= 0.6 is 11.6 Å².